The number of rotatable bonds is 3. The van der Waals surface area contributed by atoms with Crippen LogP contribution in [0.1, 0.15) is 22.8 Å². The molecule has 0 aliphatic carbocycles. The molecule has 0 fully saturated rings. The maximum atomic E-state index is 11.3. The molecule has 0 heterocycles. The van der Waals surface area contributed by atoms with E-state index in [2.05, 4.69) is 10.8 Å². The minimum Gasteiger partial charge on any atom is -0.465 e. The van der Waals surface area contributed by atoms with E-state index in [1.54, 1.807) is 18.2 Å². The Balaban J connectivity index is 3.11. The molecule has 3 nitrogen and oxygen atoms in total. The van der Waals surface area contributed by atoms with Crippen LogP contribution in [0.5, 0.6) is 0 Å². The molecule has 0 atom stereocenters. The summed E-state index contributed by atoms with van der Waals surface area (Å²) in [6, 6.07) is 7.03. The van der Waals surface area contributed by atoms with E-state index in [0.29, 0.717) is 11.1 Å². The molecule has 15 heavy (non-hydrogen) atoms. The second kappa shape index (κ2) is 5.42. The predicted octanol–water partition coefficient (Wildman–Crippen LogP) is 2.46. The van der Waals surface area contributed by atoms with Gasteiger partial charge in [0.2, 0.25) is 0 Å². The van der Waals surface area contributed by atoms with Crippen molar-refractivity contribution < 1.29 is 9.53 Å². The summed E-state index contributed by atoms with van der Waals surface area (Å²) in [5.74, 6) is 0.483. The molecular weight excluding hydrogens is 210 g/mol. The van der Waals surface area contributed by atoms with Gasteiger partial charge in [-0.25, -0.2) is 4.79 Å². The maximum absolute atomic E-state index is 11.3. The van der Waals surface area contributed by atoms with E-state index in [0.717, 1.165) is 10.6 Å². The molecule has 0 aliphatic heterocycles. The average Bonchev–Trinajstić information content (AvgIpc) is 2.28. The van der Waals surface area contributed by atoms with Gasteiger partial charge in [0.15, 0.2) is 0 Å². The van der Waals surface area contributed by atoms with Crippen LogP contribution in [0, 0.1) is 11.3 Å². The van der Waals surface area contributed by atoms with Crippen molar-refractivity contribution in [1.29, 1.82) is 5.26 Å². The van der Waals surface area contributed by atoms with Crippen LogP contribution in [0.4, 0.5) is 0 Å². The third-order valence-corrected chi connectivity index (χ3v) is 2.76. The molecule has 0 bridgehead atoms. The largest absolute Gasteiger partial charge is 0.465 e. The van der Waals surface area contributed by atoms with E-state index >= 15 is 0 Å². The molecule has 78 valence electrons. The molecule has 0 aromatic heterocycles. The molecule has 0 saturated heterocycles. The van der Waals surface area contributed by atoms with Crippen LogP contribution in [0.3, 0.4) is 0 Å². The number of hydrogen-bond donors (Lipinski definition) is 0. The van der Waals surface area contributed by atoms with E-state index < -0.39 is 0 Å². The van der Waals surface area contributed by atoms with E-state index in [-0.39, 0.29) is 5.97 Å². The molecule has 0 N–H and O–H groups in total. The lowest BCUT2D eigenvalue weighted by molar-refractivity contribution is 0.0600. The van der Waals surface area contributed by atoms with Crippen molar-refractivity contribution in [3.8, 4) is 6.07 Å². The minimum absolute atomic E-state index is 0.377. The van der Waals surface area contributed by atoms with Crippen LogP contribution < -0.4 is 0 Å². The van der Waals surface area contributed by atoms with Gasteiger partial charge < -0.3 is 4.74 Å². The SMILES string of the molecule is CCSc1cc(C(=O)OC)ccc1C#N. The Kier molecular flexibility index (Phi) is 4.19. The van der Waals surface area contributed by atoms with Crippen molar-refractivity contribution in [2.75, 3.05) is 12.9 Å². The van der Waals surface area contributed by atoms with Gasteiger partial charge in [-0.2, -0.15) is 5.26 Å². The zero-order valence-electron chi connectivity index (χ0n) is 8.61. The monoisotopic (exact) mass is 221 g/mol. The number of esters is 1. The maximum Gasteiger partial charge on any atom is 0.337 e. The molecular formula is C11H11NO2S. The molecule has 0 aliphatic rings. The van der Waals surface area contributed by atoms with Crippen LogP contribution in [0.15, 0.2) is 23.1 Å². The fourth-order valence-corrected chi connectivity index (χ4v) is 1.92. The third-order valence-electron chi connectivity index (χ3n) is 1.82. The first kappa shape index (κ1) is 11.6. The van der Waals surface area contributed by atoms with Crippen molar-refractivity contribution in [2.24, 2.45) is 0 Å². The number of hydrogen-bond acceptors (Lipinski definition) is 4. The molecule has 1 aromatic rings. The number of methoxy groups -OCH3 is 1. The smallest absolute Gasteiger partial charge is 0.337 e. The lowest BCUT2D eigenvalue weighted by atomic mass is 10.1. The Morgan fingerprint density at radius 2 is 2.33 bits per heavy atom. The lowest BCUT2D eigenvalue weighted by Gasteiger charge is -2.04. The van der Waals surface area contributed by atoms with Gasteiger partial charge in [-0.1, -0.05) is 6.92 Å². The van der Waals surface area contributed by atoms with E-state index in [1.807, 2.05) is 6.92 Å². The molecule has 4 heteroatoms. The summed E-state index contributed by atoms with van der Waals surface area (Å²) in [5, 5.41) is 8.85. The van der Waals surface area contributed by atoms with Gasteiger partial charge in [0.1, 0.15) is 6.07 Å². The van der Waals surface area contributed by atoms with Gasteiger partial charge in [0, 0.05) is 4.90 Å². The number of carbonyl (C=O) groups excluding carboxylic acids is 1. The summed E-state index contributed by atoms with van der Waals surface area (Å²) in [6.07, 6.45) is 0. The average molecular weight is 221 g/mol. The molecule has 1 rings (SSSR count). The summed E-state index contributed by atoms with van der Waals surface area (Å²) in [4.78, 5) is 12.1. The lowest BCUT2D eigenvalue weighted by Crippen LogP contribution is -2.01. The van der Waals surface area contributed by atoms with E-state index in [1.165, 1.54) is 18.9 Å². The summed E-state index contributed by atoms with van der Waals surface area (Å²) in [6.45, 7) is 2.00. The van der Waals surface area contributed by atoms with Gasteiger partial charge >= 0.3 is 5.97 Å². The molecule has 0 spiro atoms. The summed E-state index contributed by atoms with van der Waals surface area (Å²) in [5.41, 5.74) is 1.07. The van der Waals surface area contributed by atoms with Crippen molar-refractivity contribution >= 4 is 17.7 Å². The number of nitrogens with zero attached hydrogens (tertiary/aromatic N) is 1. The fraction of sp³-hybridized carbons (Fsp3) is 0.273. The Morgan fingerprint density at radius 1 is 1.60 bits per heavy atom. The first-order chi connectivity index (χ1) is 7.22. The number of carbonyl (C=O) groups is 1. The summed E-state index contributed by atoms with van der Waals surface area (Å²) >= 11 is 1.54. The highest BCUT2D eigenvalue weighted by molar-refractivity contribution is 7.99. The van der Waals surface area contributed by atoms with Crippen LogP contribution in [-0.2, 0) is 4.74 Å². The first-order valence-electron chi connectivity index (χ1n) is 4.48. The van der Waals surface area contributed by atoms with Gasteiger partial charge in [-0.3, -0.25) is 0 Å². The second-order valence-electron chi connectivity index (χ2n) is 2.75. The van der Waals surface area contributed by atoms with Crippen molar-refractivity contribution in [3.63, 3.8) is 0 Å². The highest BCUT2D eigenvalue weighted by atomic mass is 32.2. The first-order valence-corrected chi connectivity index (χ1v) is 5.46. The van der Waals surface area contributed by atoms with Crippen molar-refractivity contribution in [2.45, 2.75) is 11.8 Å². The summed E-state index contributed by atoms with van der Waals surface area (Å²) in [7, 11) is 1.34. The highest BCUT2D eigenvalue weighted by Crippen LogP contribution is 2.23. The van der Waals surface area contributed by atoms with E-state index in [9.17, 15) is 4.79 Å². The van der Waals surface area contributed by atoms with Crippen LogP contribution in [-0.4, -0.2) is 18.8 Å². The second-order valence-corrected chi connectivity index (χ2v) is 4.05. The molecule has 1 aromatic carbocycles. The van der Waals surface area contributed by atoms with Gasteiger partial charge in [0.05, 0.1) is 18.2 Å². The minimum atomic E-state index is -0.377. The Bertz CT molecular complexity index is 410. The summed E-state index contributed by atoms with van der Waals surface area (Å²) < 4.78 is 4.61. The Morgan fingerprint density at radius 3 is 2.87 bits per heavy atom. The topological polar surface area (TPSA) is 50.1 Å². The van der Waals surface area contributed by atoms with Crippen LogP contribution >= 0.6 is 11.8 Å². The van der Waals surface area contributed by atoms with E-state index in [4.69, 9.17) is 5.26 Å². The number of benzene rings is 1. The Hall–Kier alpha value is -1.47. The van der Waals surface area contributed by atoms with Gasteiger partial charge in [0.25, 0.3) is 0 Å². The normalized spacial score (nSPS) is 9.40. The van der Waals surface area contributed by atoms with Crippen molar-refractivity contribution in [3.05, 3.63) is 29.3 Å². The zero-order chi connectivity index (χ0) is 11.3. The fourth-order valence-electron chi connectivity index (χ4n) is 1.13. The van der Waals surface area contributed by atoms with Crippen molar-refractivity contribution in [1.82, 2.24) is 0 Å². The number of nitriles is 1. The van der Waals surface area contributed by atoms with Crippen LogP contribution in [0.2, 0.25) is 0 Å². The molecule has 0 radical (unpaired) electrons. The Labute approximate surface area is 93.0 Å². The third kappa shape index (κ3) is 2.74. The predicted molar refractivity (Wildman–Crippen MR) is 58.9 cm³/mol. The number of thioether (sulfide) groups is 1. The highest BCUT2D eigenvalue weighted by Gasteiger charge is 2.09. The van der Waals surface area contributed by atoms with Gasteiger partial charge in [-0.05, 0) is 24.0 Å². The standard InChI is InChI=1S/C11H11NO2S/c1-3-15-10-6-8(11(13)14-2)4-5-9(10)7-12/h4-6H,3H2,1-2H3. The number of ether oxygens (including phenoxy) is 1. The van der Waals surface area contributed by atoms with Gasteiger partial charge in [-0.15, -0.1) is 11.8 Å². The van der Waals surface area contributed by atoms with Crippen LogP contribution in [0.25, 0.3) is 0 Å². The quantitative estimate of drug-likeness (QED) is 0.581. The molecule has 0 amide bonds. The molecule has 0 saturated carbocycles. The zero-order valence-corrected chi connectivity index (χ0v) is 9.43. The molecule has 0 unspecified atom stereocenters.